The van der Waals surface area contributed by atoms with E-state index in [4.69, 9.17) is 0 Å². The highest BCUT2D eigenvalue weighted by molar-refractivity contribution is 5.94. The number of fused-ring (bicyclic) bond motifs is 1. The molecule has 4 heteroatoms. The number of rotatable bonds is 1. The van der Waals surface area contributed by atoms with Crippen LogP contribution in [0.4, 0.5) is 0 Å². The highest BCUT2D eigenvalue weighted by atomic mass is 16.2. The third kappa shape index (κ3) is 2.04. The van der Waals surface area contributed by atoms with Crippen molar-refractivity contribution in [2.24, 2.45) is 0 Å². The zero-order valence-electron chi connectivity index (χ0n) is 9.45. The number of hydrogen-bond acceptors (Lipinski definition) is 2. The van der Waals surface area contributed by atoms with Crippen LogP contribution in [-0.2, 0) is 9.59 Å². The van der Waals surface area contributed by atoms with Gasteiger partial charge in [-0.3, -0.25) is 9.59 Å². The Bertz CT molecular complexity index is 367. The molecule has 0 aliphatic carbocycles. The Balaban J connectivity index is 2.02. The summed E-state index contributed by atoms with van der Waals surface area (Å²) >= 11 is 0. The molecular weight excluding hydrogens is 204 g/mol. The second kappa shape index (κ2) is 4.56. The number of carbonyl (C=O) groups is 2. The minimum Gasteiger partial charge on any atom is -0.340 e. The molecule has 2 atom stereocenters. The van der Waals surface area contributed by atoms with Gasteiger partial charge in [0, 0.05) is 13.0 Å². The maximum atomic E-state index is 11.7. The van der Waals surface area contributed by atoms with Gasteiger partial charge in [0.05, 0.1) is 12.1 Å². The van der Waals surface area contributed by atoms with Crippen LogP contribution in [-0.4, -0.2) is 35.3 Å². The Hall–Kier alpha value is -1.50. The molecule has 4 nitrogen and oxygen atoms in total. The molecule has 0 aromatic heterocycles. The summed E-state index contributed by atoms with van der Waals surface area (Å²) in [6.07, 6.45) is 3.65. The normalized spacial score (nSPS) is 28.1. The van der Waals surface area contributed by atoms with Crippen molar-refractivity contribution in [1.82, 2.24) is 10.2 Å². The van der Waals surface area contributed by atoms with Crippen LogP contribution in [0.2, 0.25) is 0 Å². The first kappa shape index (κ1) is 11.0. The van der Waals surface area contributed by atoms with Crippen molar-refractivity contribution >= 4 is 11.8 Å². The fourth-order valence-electron chi connectivity index (χ4n) is 2.59. The minimum absolute atomic E-state index is 0.0406. The standard InChI is InChI=1S/C12H16N2O2/c1-2-5-11(15)13-9-8-12(16)14-7-4-3-6-10(9)14/h9-10H,3-4,6-8H2,1H3,(H,13,15). The number of nitrogens with one attached hydrogen (secondary N) is 1. The number of carbonyl (C=O) groups excluding carboxylic acids is 2. The van der Waals surface area contributed by atoms with Gasteiger partial charge in [0.2, 0.25) is 5.91 Å². The third-order valence-electron chi connectivity index (χ3n) is 3.28. The minimum atomic E-state index is -0.271. The van der Waals surface area contributed by atoms with Gasteiger partial charge in [0.1, 0.15) is 0 Å². The van der Waals surface area contributed by atoms with Gasteiger partial charge in [-0.25, -0.2) is 0 Å². The van der Waals surface area contributed by atoms with Crippen LogP contribution < -0.4 is 5.32 Å². The molecule has 0 aromatic rings. The summed E-state index contributed by atoms with van der Waals surface area (Å²) < 4.78 is 0. The van der Waals surface area contributed by atoms with Crippen molar-refractivity contribution in [2.75, 3.05) is 6.54 Å². The first-order valence-electron chi connectivity index (χ1n) is 5.75. The monoisotopic (exact) mass is 220 g/mol. The van der Waals surface area contributed by atoms with E-state index in [-0.39, 0.29) is 23.9 Å². The van der Waals surface area contributed by atoms with E-state index in [1.807, 2.05) is 4.90 Å². The zero-order chi connectivity index (χ0) is 11.5. The first-order chi connectivity index (χ1) is 7.72. The maximum Gasteiger partial charge on any atom is 0.296 e. The molecular formula is C12H16N2O2. The molecule has 1 N–H and O–H groups in total. The van der Waals surface area contributed by atoms with E-state index < -0.39 is 0 Å². The fourth-order valence-corrected chi connectivity index (χ4v) is 2.59. The summed E-state index contributed by atoms with van der Waals surface area (Å²) in [6.45, 7) is 2.47. The summed E-state index contributed by atoms with van der Waals surface area (Å²) in [4.78, 5) is 25.0. The molecule has 0 aromatic carbocycles. The van der Waals surface area contributed by atoms with E-state index in [9.17, 15) is 9.59 Å². The first-order valence-corrected chi connectivity index (χ1v) is 5.75. The number of amides is 2. The summed E-state index contributed by atoms with van der Waals surface area (Å²) in [6, 6.07) is 0.157. The molecule has 2 unspecified atom stereocenters. The van der Waals surface area contributed by atoms with Crippen molar-refractivity contribution < 1.29 is 9.59 Å². The number of hydrogen-bond donors (Lipinski definition) is 1. The van der Waals surface area contributed by atoms with E-state index in [1.54, 1.807) is 6.92 Å². The highest BCUT2D eigenvalue weighted by Gasteiger charge is 2.41. The Morgan fingerprint density at radius 1 is 1.50 bits per heavy atom. The summed E-state index contributed by atoms with van der Waals surface area (Å²) in [5, 5.41) is 2.83. The molecule has 0 saturated carbocycles. The molecule has 2 rings (SSSR count). The van der Waals surface area contributed by atoms with Gasteiger partial charge in [-0.05, 0) is 32.1 Å². The Morgan fingerprint density at radius 2 is 2.31 bits per heavy atom. The molecule has 86 valence electrons. The van der Waals surface area contributed by atoms with Gasteiger partial charge in [-0.2, -0.15) is 0 Å². The van der Waals surface area contributed by atoms with Crippen molar-refractivity contribution in [3.8, 4) is 11.8 Å². The van der Waals surface area contributed by atoms with E-state index in [1.165, 1.54) is 0 Å². The third-order valence-corrected chi connectivity index (χ3v) is 3.28. The predicted molar refractivity (Wildman–Crippen MR) is 59.3 cm³/mol. The number of piperidine rings is 1. The van der Waals surface area contributed by atoms with Crippen LogP contribution in [0.25, 0.3) is 0 Å². The maximum absolute atomic E-state index is 11.7. The zero-order valence-corrected chi connectivity index (χ0v) is 9.45. The van der Waals surface area contributed by atoms with E-state index in [0.717, 1.165) is 25.8 Å². The van der Waals surface area contributed by atoms with Gasteiger partial charge >= 0.3 is 0 Å². The second-order valence-electron chi connectivity index (χ2n) is 4.31. The van der Waals surface area contributed by atoms with E-state index in [2.05, 4.69) is 17.2 Å². The average Bonchev–Trinajstić information content (AvgIpc) is 2.57. The molecule has 2 aliphatic rings. The lowest BCUT2D eigenvalue weighted by Gasteiger charge is -2.32. The largest absolute Gasteiger partial charge is 0.340 e. The van der Waals surface area contributed by atoms with Crippen LogP contribution in [0.15, 0.2) is 0 Å². The molecule has 0 bridgehead atoms. The summed E-state index contributed by atoms with van der Waals surface area (Å²) in [7, 11) is 0. The molecule has 2 aliphatic heterocycles. The van der Waals surface area contributed by atoms with Crippen LogP contribution in [0, 0.1) is 11.8 Å². The van der Waals surface area contributed by atoms with Gasteiger partial charge in [0.15, 0.2) is 0 Å². The van der Waals surface area contributed by atoms with Crippen LogP contribution in [0.3, 0.4) is 0 Å². The molecule has 0 spiro atoms. The topological polar surface area (TPSA) is 49.4 Å². The molecule has 2 amide bonds. The molecule has 0 radical (unpaired) electrons. The van der Waals surface area contributed by atoms with Crippen LogP contribution >= 0.6 is 0 Å². The quantitative estimate of drug-likeness (QED) is 0.645. The smallest absolute Gasteiger partial charge is 0.296 e. The summed E-state index contributed by atoms with van der Waals surface area (Å²) in [5.41, 5.74) is 0. The predicted octanol–water partition coefficient (Wildman–Crippen LogP) is 0.279. The number of nitrogens with zero attached hydrogens (tertiary/aromatic N) is 1. The van der Waals surface area contributed by atoms with Crippen molar-refractivity contribution in [3.63, 3.8) is 0 Å². The van der Waals surface area contributed by atoms with Gasteiger partial charge in [0.25, 0.3) is 5.91 Å². The fraction of sp³-hybridized carbons (Fsp3) is 0.667. The van der Waals surface area contributed by atoms with E-state index >= 15 is 0 Å². The Labute approximate surface area is 95.4 Å². The SMILES string of the molecule is CC#CC(=O)NC1CC(=O)N2CCCCC12. The van der Waals surface area contributed by atoms with Crippen molar-refractivity contribution in [2.45, 2.75) is 44.7 Å². The second-order valence-corrected chi connectivity index (χ2v) is 4.31. The average molecular weight is 220 g/mol. The lowest BCUT2D eigenvalue weighted by molar-refractivity contribution is -0.129. The molecule has 2 fully saturated rings. The molecule has 16 heavy (non-hydrogen) atoms. The van der Waals surface area contributed by atoms with Gasteiger partial charge in [-0.15, -0.1) is 0 Å². The van der Waals surface area contributed by atoms with Gasteiger partial charge in [-0.1, -0.05) is 5.92 Å². The van der Waals surface area contributed by atoms with Crippen molar-refractivity contribution in [3.05, 3.63) is 0 Å². The highest BCUT2D eigenvalue weighted by Crippen LogP contribution is 2.28. The Kier molecular flexibility index (Phi) is 3.14. The van der Waals surface area contributed by atoms with Crippen molar-refractivity contribution in [1.29, 1.82) is 0 Å². The van der Waals surface area contributed by atoms with E-state index in [0.29, 0.717) is 6.42 Å². The van der Waals surface area contributed by atoms with Gasteiger partial charge < -0.3 is 10.2 Å². The lowest BCUT2D eigenvalue weighted by Crippen LogP contribution is -2.47. The molecule has 2 saturated heterocycles. The summed E-state index contributed by atoms with van der Waals surface area (Å²) in [5.74, 6) is 4.91. The van der Waals surface area contributed by atoms with Crippen LogP contribution in [0.1, 0.15) is 32.6 Å². The lowest BCUT2D eigenvalue weighted by atomic mass is 9.99. The molecule has 2 heterocycles. The Morgan fingerprint density at radius 3 is 3.06 bits per heavy atom. The van der Waals surface area contributed by atoms with Crippen LogP contribution in [0.5, 0.6) is 0 Å².